The summed E-state index contributed by atoms with van der Waals surface area (Å²) < 4.78 is 0. The Morgan fingerprint density at radius 3 is 2.00 bits per heavy atom. The number of aliphatic carboxylic acids is 1. The lowest BCUT2D eigenvalue weighted by atomic mass is 9.87. The summed E-state index contributed by atoms with van der Waals surface area (Å²) in [4.78, 5) is 23.1. The van der Waals surface area contributed by atoms with Crippen molar-refractivity contribution in [2.75, 3.05) is 5.32 Å². The van der Waals surface area contributed by atoms with Crippen LogP contribution in [0.3, 0.4) is 0 Å². The summed E-state index contributed by atoms with van der Waals surface area (Å²) >= 11 is 0. The first kappa shape index (κ1) is 17.0. The summed E-state index contributed by atoms with van der Waals surface area (Å²) in [6.07, 6.45) is 0. The summed E-state index contributed by atoms with van der Waals surface area (Å²) in [6, 6.07) is 6.03. The molecule has 1 unspecified atom stereocenters. The molecule has 0 aliphatic carbocycles. The lowest BCUT2D eigenvalue weighted by Gasteiger charge is -2.27. The van der Waals surface area contributed by atoms with Crippen molar-refractivity contribution < 1.29 is 14.7 Å². The van der Waals surface area contributed by atoms with Crippen molar-refractivity contribution in [1.29, 1.82) is 0 Å². The molecule has 0 aliphatic rings. The molecule has 0 saturated carbocycles. The third-order valence-corrected chi connectivity index (χ3v) is 3.22. The summed E-state index contributed by atoms with van der Waals surface area (Å²) in [5, 5.41) is 14.3. The molecule has 2 amide bonds. The maximum absolute atomic E-state index is 11.9. The van der Waals surface area contributed by atoms with Crippen LogP contribution in [0.1, 0.15) is 46.1 Å². The van der Waals surface area contributed by atoms with Gasteiger partial charge in [0.15, 0.2) is 0 Å². The molecule has 0 heterocycles. The van der Waals surface area contributed by atoms with Crippen molar-refractivity contribution in [2.45, 2.75) is 46.6 Å². The summed E-state index contributed by atoms with van der Waals surface area (Å²) in [5.74, 6) is -0.627. The maximum atomic E-state index is 11.9. The fourth-order valence-electron chi connectivity index (χ4n) is 1.90. The summed E-state index contributed by atoms with van der Waals surface area (Å²) in [7, 11) is 0. The van der Waals surface area contributed by atoms with Crippen LogP contribution in [0.25, 0.3) is 0 Å². The number of nitrogens with one attached hydrogen (secondary N) is 2. The molecule has 1 atom stereocenters. The summed E-state index contributed by atoms with van der Waals surface area (Å²) in [6.45, 7) is 9.49. The van der Waals surface area contributed by atoms with E-state index in [4.69, 9.17) is 0 Å². The minimum atomic E-state index is -1.05. The molecular weight excluding hydrogens is 268 g/mol. The van der Waals surface area contributed by atoms with Crippen molar-refractivity contribution in [3.63, 3.8) is 0 Å². The highest BCUT2D eigenvalue weighted by Gasteiger charge is 2.32. The number of hydrogen-bond acceptors (Lipinski definition) is 2. The number of hydrogen-bond donors (Lipinski definition) is 3. The number of rotatable bonds is 4. The molecule has 116 valence electrons. The van der Waals surface area contributed by atoms with E-state index < -0.39 is 23.5 Å². The van der Waals surface area contributed by atoms with Gasteiger partial charge in [-0.15, -0.1) is 0 Å². The Balaban J connectivity index is 2.70. The van der Waals surface area contributed by atoms with Gasteiger partial charge in [0.25, 0.3) is 0 Å². The Kier molecular flexibility index (Phi) is 5.35. The lowest BCUT2D eigenvalue weighted by molar-refractivity contribution is -0.141. The predicted octanol–water partition coefficient (Wildman–Crippen LogP) is 3.43. The Hall–Kier alpha value is -2.04. The summed E-state index contributed by atoms with van der Waals surface area (Å²) in [5.41, 5.74) is 1.25. The molecule has 0 spiro atoms. The Labute approximate surface area is 125 Å². The van der Waals surface area contributed by atoms with Crippen LogP contribution in [0, 0.1) is 5.41 Å². The molecule has 0 radical (unpaired) electrons. The molecular formula is C16H24N2O3. The van der Waals surface area contributed by atoms with Gasteiger partial charge in [-0.25, -0.2) is 9.59 Å². The molecule has 0 bridgehead atoms. The van der Waals surface area contributed by atoms with E-state index in [-0.39, 0.29) is 0 Å². The molecule has 1 aromatic carbocycles. The van der Waals surface area contributed by atoms with Crippen molar-refractivity contribution in [1.82, 2.24) is 5.32 Å². The Bertz CT molecular complexity index is 501. The van der Waals surface area contributed by atoms with Crippen LogP contribution in [-0.2, 0) is 4.79 Å². The van der Waals surface area contributed by atoms with Gasteiger partial charge in [0.1, 0.15) is 6.04 Å². The van der Waals surface area contributed by atoms with E-state index in [1.807, 2.05) is 24.3 Å². The quantitative estimate of drug-likeness (QED) is 0.795. The van der Waals surface area contributed by atoms with E-state index in [1.54, 1.807) is 20.8 Å². The van der Waals surface area contributed by atoms with E-state index >= 15 is 0 Å². The molecule has 5 heteroatoms. The number of benzene rings is 1. The van der Waals surface area contributed by atoms with E-state index in [9.17, 15) is 14.7 Å². The Morgan fingerprint density at radius 2 is 1.62 bits per heavy atom. The van der Waals surface area contributed by atoms with Crippen LogP contribution in [0.5, 0.6) is 0 Å². The number of carbonyl (C=O) groups excluding carboxylic acids is 1. The number of anilines is 1. The molecule has 0 aromatic heterocycles. The van der Waals surface area contributed by atoms with E-state index in [2.05, 4.69) is 24.5 Å². The fourth-order valence-corrected chi connectivity index (χ4v) is 1.90. The van der Waals surface area contributed by atoms with Crippen molar-refractivity contribution in [2.24, 2.45) is 5.41 Å². The van der Waals surface area contributed by atoms with Crippen molar-refractivity contribution in [3.8, 4) is 0 Å². The maximum Gasteiger partial charge on any atom is 0.326 e. The molecule has 0 saturated heterocycles. The second kappa shape index (κ2) is 6.61. The highest BCUT2D eigenvalue weighted by molar-refractivity contribution is 5.92. The van der Waals surface area contributed by atoms with Gasteiger partial charge in [-0.3, -0.25) is 0 Å². The number of urea groups is 1. The molecule has 3 N–H and O–H groups in total. The number of carboxylic acid groups (broad SMARTS) is 1. The minimum absolute atomic E-state index is 0.421. The monoisotopic (exact) mass is 292 g/mol. The number of amides is 2. The van der Waals surface area contributed by atoms with Gasteiger partial charge in [0, 0.05) is 5.69 Å². The largest absolute Gasteiger partial charge is 0.480 e. The van der Waals surface area contributed by atoms with Gasteiger partial charge < -0.3 is 15.7 Å². The normalized spacial score (nSPS) is 12.9. The first-order chi connectivity index (χ1) is 9.61. The van der Waals surface area contributed by atoms with Crippen LogP contribution in [-0.4, -0.2) is 23.1 Å². The SMILES string of the molecule is CC(C)c1ccc(NC(=O)NC(C(=O)O)C(C)(C)C)cc1. The van der Waals surface area contributed by atoms with Gasteiger partial charge >= 0.3 is 12.0 Å². The second-order valence-electron chi connectivity index (χ2n) is 6.51. The van der Waals surface area contributed by atoms with Crippen molar-refractivity contribution >= 4 is 17.7 Å². The van der Waals surface area contributed by atoms with Gasteiger partial charge in [0.2, 0.25) is 0 Å². The second-order valence-corrected chi connectivity index (χ2v) is 6.51. The van der Waals surface area contributed by atoms with E-state index in [0.29, 0.717) is 11.6 Å². The zero-order valence-corrected chi connectivity index (χ0v) is 13.2. The van der Waals surface area contributed by atoms with Gasteiger partial charge in [-0.1, -0.05) is 46.8 Å². The average Bonchev–Trinajstić information content (AvgIpc) is 2.35. The van der Waals surface area contributed by atoms with Crippen LogP contribution in [0.2, 0.25) is 0 Å². The standard InChI is InChI=1S/C16H24N2O3/c1-10(2)11-6-8-12(9-7-11)17-15(21)18-13(14(19)20)16(3,4)5/h6-10,13H,1-5H3,(H,19,20)(H2,17,18,21). The smallest absolute Gasteiger partial charge is 0.326 e. The Morgan fingerprint density at radius 1 is 1.10 bits per heavy atom. The van der Waals surface area contributed by atoms with E-state index in [1.165, 1.54) is 5.56 Å². The molecule has 0 aliphatic heterocycles. The van der Waals surface area contributed by atoms with Crippen LogP contribution in [0.4, 0.5) is 10.5 Å². The first-order valence-electron chi connectivity index (χ1n) is 7.01. The van der Waals surface area contributed by atoms with Crippen LogP contribution >= 0.6 is 0 Å². The van der Waals surface area contributed by atoms with Gasteiger partial charge in [-0.05, 0) is 29.0 Å². The van der Waals surface area contributed by atoms with Gasteiger partial charge in [-0.2, -0.15) is 0 Å². The van der Waals surface area contributed by atoms with Crippen molar-refractivity contribution in [3.05, 3.63) is 29.8 Å². The molecule has 21 heavy (non-hydrogen) atoms. The first-order valence-corrected chi connectivity index (χ1v) is 7.01. The fraction of sp³-hybridized carbons (Fsp3) is 0.500. The zero-order chi connectivity index (χ0) is 16.2. The van der Waals surface area contributed by atoms with Crippen LogP contribution < -0.4 is 10.6 Å². The van der Waals surface area contributed by atoms with Gasteiger partial charge in [0.05, 0.1) is 0 Å². The zero-order valence-electron chi connectivity index (χ0n) is 13.2. The lowest BCUT2D eigenvalue weighted by Crippen LogP contribution is -2.50. The number of carboxylic acids is 1. The highest BCUT2D eigenvalue weighted by atomic mass is 16.4. The molecule has 1 rings (SSSR count). The third-order valence-electron chi connectivity index (χ3n) is 3.22. The highest BCUT2D eigenvalue weighted by Crippen LogP contribution is 2.20. The topological polar surface area (TPSA) is 78.4 Å². The van der Waals surface area contributed by atoms with E-state index in [0.717, 1.165) is 0 Å². The predicted molar refractivity (Wildman–Crippen MR) is 83.6 cm³/mol. The molecule has 1 aromatic rings. The third kappa shape index (κ3) is 5.10. The molecule has 0 fully saturated rings. The number of carbonyl (C=O) groups is 2. The minimum Gasteiger partial charge on any atom is -0.480 e. The molecule has 5 nitrogen and oxygen atoms in total. The van der Waals surface area contributed by atoms with Crippen LogP contribution in [0.15, 0.2) is 24.3 Å². The average molecular weight is 292 g/mol.